The van der Waals surface area contributed by atoms with Gasteiger partial charge in [0.25, 0.3) is 0 Å². The van der Waals surface area contributed by atoms with Crippen molar-refractivity contribution in [1.82, 2.24) is 0 Å². The van der Waals surface area contributed by atoms with Crippen LogP contribution in [-0.2, 0) is 89.6 Å². The SMILES string of the molecule is C#CC(O)S(=O)(=O)[O-].C=C(C)C(O)S(=O)(=O)[O-].CC(O)C(O)S(=O)(=O)[O-].O=S(=O)([O-])C(O)C=Cc1ccccc1.O=S(=O)([O-])C(O)CCCC(O)SOO[O-].O=S(=O)([O-])C(O)CCCCC(O)SOO[O-].O=S(=O)([O-])C(O)CO.[Na+].[Na+].[Na+].[Na+].[Na+].[Na+].[Na+].[Na+].[Na+]. The summed E-state index contributed by atoms with van der Waals surface area (Å²) in [4.78, 5) is 0. The van der Waals surface area contributed by atoms with Crippen molar-refractivity contribution in [2.75, 3.05) is 6.61 Å². The Morgan fingerprint density at radius 1 is 0.534 bits per heavy atom. The van der Waals surface area contributed by atoms with Gasteiger partial charge in [0.05, 0.1) is 36.8 Å². The van der Waals surface area contributed by atoms with Crippen molar-refractivity contribution in [3.05, 3.63) is 54.1 Å². The van der Waals surface area contributed by atoms with Crippen LogP contribution < -0.4 is 277 Å². The summed E-state index contributed by atoms with van der Waals surface area (Å²) in [6, 6.07) is 8.77. The molecule has 88 heavy (non-hydrogen) atoms. The molecule has 0 radical (unpaired) electrons. The van der Waals surface area contributed by atoms with Crippen LogP contribution in [-0.4, -0.2) is 209 Å². The second kappa shape index (κ2) is 70.7. The van der Waals surface area contributed by atoms with Gasteiger partial charge in [-0.3, -0.25) is 10.1 Å². The molecule has 10 unspecified atom stereocenters. The van der Waals surface area contributed by atoms with Gasteiger partial charge in [0.15, 0.2) is 21.7 Å². The molecule has 0 aliphatic carbocycles. The molecule has 1 rings (SSSR count). The number of benzene rings is 1. The third-order valence-electron chi connectivity index (χ3n) is 6.93. The number of hydrogen-bond acceptors (Lipinski definition) is 40. The molecule has 0 saturated carbocycles. The second-order valence-electron chi connectivity index (χ2n) is 13.6. The molecular weight excluding hydrogens is 1490 g/mol. The van der Waals surface area contributed by atoms with Gasteiger partial charge in [-0.15, -0.1) is 6.42 Å². The van der Waals surface area contributed by atoms with E-state index in [9.17, 15) is 101 Å². The van der Waals surface area contributed by atoms with E-state index >= 15 is 0 Å². The van der Waals surface area contributed by atoms with Crippen LogP contribution in [0.1, 0.15) is 64.4 Å². The smallest absolute Gasteiger partial charge is 0.746 e. The first-order valence-corrected chi connectivity index (χ1v) is 31.5. The molecule has 0 bridgehead atoms. The molecule has 0 amide bonds. The molecular formula is C32H53Na9O38S9. The van der Waals surface area contributed by atoms with Gasteiger partial charge in [-0.1, -0.05) is 48.9 Å². The van der Waals surface area contributed by atoms with Crippen molar-refractivity contribution in [2.24, 2.45) is 0 Å². The molecule has 1 aromatic carbocycles. The summed E-state index contributed by atoms with van der Waals surface area (Å²) >= 11 is 0.766. The maximum Gasteiger partial charge on any atom is 1.00 e. The van der Waals surface area contributed by atoms with E-state index in [4.69, 9.17) is 56.2 Å². The summed E-state index contributed by atoms with van der Waals surface area (Å²) in [6.07, 6.45) is 5.62. The molecule has 0 saturated heterocycles. The van der Waals surface area contributed by atoms with Crippen molar-refractivity contribution in [3.8, 4) is 12.3 Å². The summed E-state index contributed by atoms with van der Waals surface area (Å²) in [6.45, 7) is 4.32. The fourth-order valence-electron chi connectivity index (χ4n) is 3.13. The van der Waals surface area contributed by atoms with Gasteiger partial charge < -0.3 is 98.6 Å². The molecule has 0 aromatic heterocycles. The summed E-state index contributed by atoms with van der Waals surface area (Å²) in [7, 11) is -32.8. The fourth-order valence-corrected chi connectivity index (χ4v) is 6.41. The summed E-state index contributed by atoms with van der Waals surface area (Å²) in [5.41, 5.74) is -15.9. The molecule has 10 atom stereocenters. The number of rotatable bonds is 27. The van der Waals surface area contributed by atoms with Crippen LogP contribution in [0.5, 0.6) is 0 Å². The predicted molar refractivity (Wildman–Crippen MR) is 252 cm³/mol. The standard InChI is InChI=1S/C9H10O4S.C6H14O8S2.C5H12O8S2.C4H8O4S.C3H8O5S.C3H4O4S.C2H6O5S.9Na/c10-9(14(11,12)13)7-6-8-4-2-1-3-5-8;7-5(15-14-13-9)3-1-2-4-6(8)16(10,11)12;6-4(14-13-12-8)2-1-3-5(7)15(9,10)11;1-3(2)4(5)9(6,7)8;1-2(4)3(5)9(6,7)8;1-2-3(4)8(5,6)7;3-1-2(4)8(5,6)7;;;;;;;;;/h1-7,9-10H,(H,11,12,13);5-9H,1-4H2,(H,10,11,12);4-8H,1-3H2,(H,9,10,11);4-5H,1H2,2H3,(H,6,7,8);2-5H,1H3,(H,6,7,8);1,3-4H,(H,5,6,7);2-4H,1H2,(H,5,6,7);;;;;;;;;/q;;;;;;;9*+1/p-9. The van der Waals surface area contributed by atoms with Crippen LogP contribution >= 0.6 is 24.1 Å². The number of terminal acetylenes is 1. The zero-order chi connectivity index (χ0) is 64.0. The normalized spacial score (nSPS) is 14.2. The Hall–Kier alpha value is 6.65. The van der Waals surface area contributed by atoms with Gasteiger partial charge in [0, 0.05) is 0 Å². The largest absolute Gasteiger partial charge is 1.00 e. The monoisotopic (exact) mass is 1540 g/mol. The molecule has 0 aliphatic rings. The van der Waals surface area contributed by atoms with Gasteiger partial charge in [0.1, 0.15) is 92.6 Å². The van der Waals surface area contributed by atoms with Gasteiger partial charge >= 0.3 is 266 Å². The maximum absolute atomic E-state index is 10.3. The van der Waals surface area contributed by atoms with Crippen LogP contribution in [0.4, 0.5) is 0 Å². The molecule has 1 aromatic rings. The first kappa shape index (κ1) is 131. The van der Waals surface area contributed by atoms with Crippen molar-refractivity contribution in [3.63, 3.8) is 0 Å². The van der Waals surface area contributed by atoms with E-state index in [1.54, 1.807) is 30.3 Å². The average Bonchev–Trinajstić information content (AvgIpc) is 3.31. The minimum atomic E-state index is -4.75. The Bertz CT molecular complexity index is 2700. The topological polar surface area (TPSA) is 706 Å². The first-order valence-electron chi connectivity index (χ1n) is 19.6. The molecule has 0 spiro atoms. The predicted octanol–water partition coefficient (Wildman–Crippen LogP) is -35.6. The molecule has 11 N–H and O–H groups in total. The Morgan fingerprint density at radius 2 is 0.864 bits per heavy atom. The quantitative estimate of drug-likeness (QED) is 0.00448. The van der Waals surface area contributed by atoms with Gasteiger partial charge in [-0.2, -0.15) is 8.67 Å². The zero-order valence-electron chi connectivity index (χ0n) is 48.9. The molecule has 0 fully saturated rings. The number of aliphatic hydroxyl groups is 11. The molecule has 472 valence electrons. The van der Waals surface area contributed by atoms with Crippen LogP contribution in [0.2, 0.25) is 0 Å². The Labute approximate surface area is 717 Å². The summed E-state index contributed by atoms with van der Waals surface area (Å²) in [5.74, 6) is 1.36. The molecule has 56 heteroatoms. The van der Waals surface area contributed by atoms with Gasteiger partial charge in [0.2, 0.25) is 5.44 Å². The Balaban J connectivity index is -0.0000000543. The summed E-state index contributed by atoms with van der Waals surface area (Å²) < 4.78 is 217. The van der Waals surface area contributed by atoms with Crippen molar-refractivity contribution >= 4 is 101 Å². The van der Waals surface area contributed by atoms with Crippen molar-refractivity contribution in [2.45, 2.75) is 114 Å². The van der Waals surface area contributed by atoms with E-state index in [1.807, 2.05) is 0 Å². The van der Waals surface area contributed by atoms with Crippen LogP contribution in [0.15, 0.2) is 48.6 Å². The number of hydrogen-bond donors (Lipinski definition) is 11. The Kier molecular flexibility index (Phi) is 105. The fraction of sp³-hybridized carbons (Fsp3) is 0.625. The van der Waals surface area contributed by atoms with E-state index in [0.29, 0.717) is 30.5 Å². The van der Waals surface area contributed by atoms with E-state index in [0.717, 1.165) is 18.6 Å². The average molecular weight is 1540 g/mol. The third-order valence-corrected chi connectivity index (χ3v) is 14.1. The van der Waals surface area contributed by atoms with E-state index in [2.05, 4.69) is 31.7 Å². The van der Waals surface area contributed by atoms with Crippen LogP contribution in [0.25, 0.3) is 6.08 Å². The van der Waals surface area contributed by atoms with Crippen LogP contribution in [0, 0.1) is 12.3 Å². The van der Waals surface area contributed by atoms with Gasteiger partial charge in [-0.25, -0.2) is 58.9 Å². The second-order valence-corrected chi connectivity index (χ2v) is 25.7. The molecule has 0 heterocycles. The molecule has 0 aliphatic heterocycles. The number of aliphatic hydroxyl groups excluding tert-OH is 11. The number of unbranched alkanes of at least 4 members (excludes halogenated alkanes) is 1. The zero-order valence-corrected chi connectivity index (χ0v) is 74.2. The molecule has 38 nitrogen and oxygen atoms in total. The minimum absolute atomic E-state index is 0. The van der Waals surface area contributed by atoms with Crippen molar-refractivity contribution in [1.29, 1.82) is 0 Å². The maximum atomic E-state index is 10.3. The van der Waals surface area contributed by atoms with E-state index in [-0.39, 0.29) is 310 Å². The third kappa shape index (κ3) is 86.9. The van der Waals surface area contributed by atoms with Gasteiger partial charge in [-0.05, 0) is 76.0 Å². The van der Waals surface area contributed by atoms with E-state index in [1.165, 1.54) is 18.9 Å². The Morgan fingerprint density at radius 3 is 1.07 bits per heavy atom. The first-order chi connectivity index (χ1) is 35.4. The minimum Gasteiger partial charge on any atom is -0.746 e. The van der Waals surface area contributed by atoms with E-state index < -0.39 is 132 Å². The van der Waals surface area contributed by atoms with Crippen LogP contribution in [0.3, 0.4) is 0 Å². The van der Waals surface area contributed by atoms with Crippen molar-refractivity contribution < 1.29 is 442 Å². The summed E-state index contributed by atoms with van der Waals surface area (Å²) in [5, 5.41) is 118.